The van der Waals surface area contributed by atoms with Crippen LogP contribution in [0, 0.1) is 5.41 Å². The van der Waals surface area contributed by atoms with E-state index in [2.05, 4.69) is 62.2 Å². The van der Waals surface area contributed by atoms with Gasteiger partial charge in [-0.05, 0) is 36.1 Å². The van der Waals surface area contributed by atoms with E-state index >= 15 is 0 Å². The molecule has 6 rings (SSSR count). The van der Waals surface area contributed by atoms with Gasteiger partial charge in [0, 0.05) is 55.8 Å². The zero-order valence-corrected chi connectivity index (χ0v) is 20.5. The average Bonchev–Trinajstić information content (AvgIpc) is 2.77. The summed E-state index contributed by atoms with van der Waals surface area (Å²) < 4.78 is 6.54. The molecule has 1 unspecified atom stereocenters. The minimum atomic E-state index is 0.119. The Morgan fingerprint density at radius 3 is 2.68 bits per heavy atom. The molecule has 1 saturated carbocycles. The fraction of sp³-hybridized carbons (Fsp3) is 0.440. The van der Waals surface area contributed by atoms with Crippen molar-refractivity contribution in [2.24, 2.45) is 5.41 Å². The fourth-order valence-corrected chi connectivity index (χ4v) is 6.05. The van der Waals surface area contributed by atoms with E-state index in [1.807, 2.05) is 12.3 Å². The Morgan fingerprint density at radius 2 is 1.88 bits per heavy atom. The first-order valence-corrected chi connectivity index (χ1v) is 12.4. The van der Waals surface area contributed by atoms with Crippen molar-refractivity contribution in [1.82, 2.24) is 25.1 Å². The predicted molar refractivity (Wildman–Crippen MR) is 131 cm³/mol. The van der Waals surface area contributed by atoms with Crippen LogP contribution < -0.4 is 9.64 Å². The zero-order valence-electron chi connectivity index (χ0n) is 19.0. The molecule has 2 fully saturated rings. The van der Waals surface area contributed by atoms with E-state index in [4.69, 9.17) is 32.9 Å². The average molecular weight is 497 g/mol. The van der Waals surface area contributed by atoms with Gasteiger partial charge >= 0.3 is 0 Å². The van der Waals surface area contributed by atoms with E-state index in [1.165, 1.54) is 16.8 Å². The molecule has 7 nitrogen and oxygen atoms in total. The van der Waals surface area contributed by atoms with Crippen molar-refractivity contribution < 1.29 is 4.74 Å². The van der Waals surface area contributed by atoms with Gasteiger partial charge in [-0.25, -0.2) is 0 Å². The Labute approximate surface area is 209 Å². The van der Waals surface area contributed by atoms with Crippen molar-refractivity contribution in [3.8, 4) is 5.75 Å². The second kappa shape index (κ2) is 8.63. The van der Waals surface area contributed by atoms with E-state index in [-0.39, 0.29) is 16.8 Å². The lowest BCUT2D eigenvalue weighted by atomic mass is 9.61. The number of pyridine rings is 1. The third-order valence-corrected chi connectivity index (χ3v) is 7.65. The van der Waals surface area contributed by atoms with Gasteiger partial charge in [-0.1, -0.05) is 48.9 Å². The first-order valence-electron chi connectivity index (χ1n) is 11.7. The van der Waals surface area contributed by atoms with Crippen molar-refractivity contribution in [2.75, 3.05) is 24.5 Å². The van der Waals surface area contributed by atoms with Gasteiger partial charge < -0.3 is 9.64 Å². The highest BCUT2D eigenvalue weighted by molar-refractivity contribution is 6.32. The lowest BCUT2D eigenvalue weighted by molar-refractivity contribution is -0.0352. The smallest absolute Gasteiger partial charge is 0.245 e. The van der Waals surface area contributed by atoms with Crippen molar-refractivity contribution in [1.29, 1.82) is 0 Å². The van der Waals surface area contributed by atoms with Crippen molar-refractivity contribution in [3.05, 3.63) is 69.9 Å². The first kappa shape index (κ1) is 22.0. The minimum absolute atomic E-state index is 0.119. The Bertz CT molecular complexity index is 1200. The van der Waals surface area contributed by atoms with Gasteiger partial charge in [-0.15, -0.1) is 10.2 Å². The summed E-state index contributed by atoms with van der Waals surface area (Å²) in [6, 6.07) is 12.7. The Morgan fingerprint density at radius 1 is 1.09 bits per heavy atom. The molecule has 2 aromatic heterocycles. The van der Waals surface area contributed by atoms with E-state index < -0.39 is 0 Å². The van der Waals surface area contributed by atoms with Gasteiger partial charge in [0.15, 0.2) is 11.0 Å². The Kier molecular flexibility index (Phi) is 5.59. The number of rotatable bonds is 5. The number of hydrogen-bond donors (Lipinski definition) is 0. The molecule has 0 amide bonds. The molecule has 0 N–H and O–H groups in total. The molecule has 1 atom stereocenters. The number of halogens is 2. The van der Waals surface area contributed by atoms with Crippen LogP contribution in [-0.4, -0.2) is 50.8 Å². The molecule has 1 spiro atoms. The Balaban J connectivity index is 1.10. The zero-order chi connectivity index (χ0) is 23.3. The predicted octanol–water partition coefficient (Wildman–Crippen LogP) is 4.74. The molecule has 176 valence electrons. The third-order valence-electron chi connectivity index (χ3n) is 7.25. The third kappa shape index (κ3) is 4.10. The molecule has 34 heavy (non-hydrogen) atoms. The lowest BCUT2D eigenvalue weighted by Gasteiger charge is -2.58. The quantitative estimate of drug-likeness (QED) is 0.505. The minimum Gasteiger partial charge on any atom is -0.490 e. The maximum Gasteiger partial charge on any atom is 0.245 e. The number of nitrogens with zero attached hydrogens (tertiary/aromatic N) is 6. The topological polar surface area (TPSA) is 67.3 Å². The maximum atomic E-state index is 6.54. The molecule has 1 aromatic carbocycles. The molecule has 1 saturated heterocycles. The number of fused-ring (bicyclic) bond motifs is 1. The first-order chi connectivity index (χ1) is 16.5. The number of ether oxygens (including phenoxy) is 1. The molecular weight excluding hydrogens is 471 g/mol. The molecule has 0 radical (unpaired) electrons. The van der Waals surface area contributed by atoms with Crippen LogP contribution in [0.4, 0.5) is 5.82 Å². The molecule has 4 heterocycles. The van der Waals surface area contributed by atoms with Crippen LogP contribution in [0.3, 0.4) is 0 Å². The summed E-state index contributed by atoms with van der Waals surface area (Å²) in [6.45, 7) is 6.84. The monoisotopic (exact) mass is 496 g/mol. The second-order valence-corrected chi connectivity index (χ2v) is 10.6. The molecule has 3 aliphatic rings. The van der Waals surface area contributed by atoms with E-state index in [9.17, 15) is 0 Å². The highest BCUT2D eigenvalue weighted by Gasteiger charge is 2.54. The summed E-state index contributed by atoms with van der Waals surface area (Å²) in [4.78, 5) is 13.6. The van der Waals surface area contributed by atoms with E-state index in [1.54, 1.807) is 0 Å². The second-order valence-electron chi connectivity index (χ2n) is 9.93. The van der Waals surface area contributed by atoms with Crippen LogP contribution in [-0.2, 0) is 13.1 Å². The number of aromatic nitrogens is 4. The van der Waals surface area contributed by atoms with Crippen LogP contribution in [0.15, 0.2) is 42.6 Å². The maximum absolute atomic E-state index is 6.54. The van der Waals surface area contributed by atoms with Crippen LogP contribution in [0.25, 0.3) is 0 Å². The molecular formula is C25H26Cl2N6O. The highest BCUT2D eigenvalue weighted by Crippen LogP contribution is 2.51. The van der Waals surface area contributed by atoms with Crippen molar-refractivity contribution in [3.63, 3.8) is 0 Å². The summed E-state index contributed by atoms with van der Waals surface area (Å²) in [5.41, 5.74) is 4.00. The standard InChI is InChI=1S/C25H26Cl2N6O/c1-16-11-32(12-17-5-3-2-4-6-17)13-19-20(7-8-28-21(16)19)34-18-9-25(10-18)14-33(15-25)23-22(26)30-31-24(27)29-23/h2-8,16,18H,9-15H2,1H3. The largest absolute Gasteiger partial charge is 0.490 e. The highest BCUT2D eigenvalue weighted by atomic mass is 35.5. The summed E-state index contributed by atoms with van der Waals surface area (Å²) in [5, 5.41) is 7.98. The van der Waals surface area contributed by atoms with Crippen LogP contribution in [0.5, 0.6) is 5.75 Å². The van der Waals surface area contributed by atoms with Crippen molar-refractivity contribution in [2.45, 2.75) is 44.9 Å². The van der Waals surface area contributed by atoms with Gasteiger partial charge in [0.25, 0.3) is 0 Å². The molecule has 0 bridgehead atoms. The van der Waals surface area contributed by atoms with E-state index in [0.717, 1.165) is 51.3 Å². The summed E-state index contributed by atoms with van der Waals surface area (Å²) in [7, 11) is 0. The van der Waals surface area contributed by atoms with E-state index in [0.29, 0.717) is 16.9 Å². The van der Waals surface area contributed by atoms with Gasteiger partial charge in [0.2, 0.25) is 5.28 Å². The van der Waals surface area contributed by atoms with Crippen LogP contribution in [0.1, 0.15) is 42.5 Å². The van der Waals surface area contributed by atoms with Crippen LogP contribution in [0.2, 0.25) is 10.4 Å². The lowest BCUT2D eigenvalue weighted by Crippen LogP contribution is -2.65. The molecule has 9 heteroatoms. The van der Waals surface area contributed by atoms with Gasteiger partial charge in [-0.3, -0.25) is 9.88 Å². The van der Waals surface area contributed by atoms with Gasteiger partial charge in [0.1, 0.15) is 11.9 Å². The number of hydrogen-bond acceptors (Lipinski definition) is 7. The van der Waals surface area contributed by atoms with Gasteiger partial charge in [0.05, 0.1) is 5.69 Å². The molecule has 2 aliphatic heterocycles. The molecule has 3 aromatic rings. The fourth-order valence-electron chi connectivity index (χ4n) is 5.74. The van der Waals surface area contributed by atoms with Crippen LogP contribution >= 0.6 is 23.2 Å². The number of benzene rings is 1. The van der Waals surface area contributed by atoms with Gasteiger partial charge in [-0.2, -0.15) is 4.98 Å². The summed E-state index contributed by atoms with van der Waals surface area (Å²) >= 11 is 12.1. The summed E-state index contributed by atoms with van der Waals surface area (Å²) in [6.07, 6.45) is 4.16. The summed E-state index contributed by atoms with van der Waals surface area (Å²) in [5.74, 6) is 1.98. The Hall–Kier alpha value is -2.48. The molecule has 1 aliphatic carbocycles. The normalized spacial score (nSPS) is 21.6. The SMILES string of the molecule is CC1CN(Cc2ccccc2)Cc2c(OC3CC4(C3)CN(c3nc(Cl)nnc3Cl)C4)ccnc21. The van der Waals surface area contributed by atoms with Crippen molar-refractivity contribution >= 4 is 29.0 Å². The number of anilines is 1.